The Kier molecular flexibility index (Phi) is 7.01. The van der Waals surface area contributed by atoms with Gasteiger partial charge in [0.2, 0.25) is 0 Å². The summed E-state index contributed by atoms with van der Waals surface area (Å²) in [5.41, 5.74) is 5.34. The fourth-order valence-electron chi connectivity index (χ4n) is 4.40. The predicted molar refractivity (Wildman–Crippen MR) is 146 cm³/mol. The van der Waals surface area contributed by atoms with Gasteiger partial charge >= 0.3 is 0 Å². The average Bonchev–Trinajstić information content (AvgIpc) is 2.86. The lowest BCUT2D eigenvalue weighted by atomic mass is 9.80. The normalized spacial score (nSPS) is 13.1. The Balaban J connectivity index is 2.17. The number of fused-ring (bicyclic) bond motifs is 1. The second-order valence-electron chi connectivity index (χ2n) is 10.1. The quantitative estimate of drug-likeness (QED) is 0.229. The summed E-state index contributed by atoms with van der Waals surface area (Å²) in [6.07, 6.45) is 1.78. The van der Waals surface area contributed by atoms with Gasteiger partial charge in [-0.15, -0.1) is 0 Å². The summed E-state index contributed by atoms with van der Waals surface area (Å²) in [6.45, 7) is 10.7. The highest BCUT2D eigenvalue weighted by Gasteiger charge is 2.27. The molecule has 4 aromatic rings. The van der Waals surface area contributed by atoms with Crippen LogP contribution in [-0.4, -0.2) is 33.2 Å². The van der Waals surface area contributed by atoms with E-state index < -0.39 is 20.8 Å². The molecule has 0 amide bonds. The maximum Gasteiger partial charge on any atom is 0.298 e. The third kappa shape index (κ3) is 5.04. The molecule has 1 unspecified atom stereocenters. The molecule has 8 heteroatoms. The summed E-state index contributed by atoms with van der Waals surface area (Å²) in [4.78, 5) is 9.62. The molecule has 37 heavy (non-hydrogen) atoms. The summed E-state index contributed by atoms with van der Waals surface area (Å²) in [7, 11) is -4.68. The topological polar surface area (TPSA) is 121 Å². The molecule has 0 saturated heterocycles. The number of hydrogen-bond acceptors (Lipinski definition) is 6. The lowest BCUT2D eigenvalue weighted by Crippen LogP contribution is -2.17. The summed E-state index contributed by atoms with van der Waals surface area (Å²) in [5, 5.41) is 20.0. The van der Waals surface area contributed by atoms with E-state index in [1.54, 1.807) is 30.3 Å². The maximum atomic E-state index is 12.0. The van der Waals surface area contributed by atoms with E-state index in [2.05, 4.69) is 46.8 Å². The van der Waals surface area contributed by atoms with Gasteiger partial charge in [0.05, 0.1) is 22.4 Å². The Bertz CT molecular complexity index is 1580. The molecule has 1 atom stereocenters. The van der Waals surface area contributed by atoms with Gasteiger partial charge in [-0.1, -0.05) is 46.8 Å². The van der Waals surface area contributed by atoms with Crippen LogP contribution in [0.2, 0.25) is 0 Å². The zero-order valence-corrected chi connectivity index (χ0v) is 22.5. The van der Waals surface area contributed by atoms with Crippen LogP contribution in [-0.2, 0) is 15.5 Å². The first-order valence-electron chi connectivity index (χ1n) is 12.3. The van der Waals surface area contributed by atoms with Crippen LogP contribution in [0.15, 0.2) is 59.5 Å². The summed E-state index contributed by atoms with van der Waals surface area (Å²) in [6, 6.07) is 14.7. The average molecular weight is 521 g/mol. The molecular formula is C29H32N2O5S. The van der Waals surface area contributed by atoms with E-state index in [0.717, 1.165) is 35.0 Å². The second kappa shape index (κ2) is 9.76. The molecule has 1 heterocycles. The van der Waals surface area contributed by atoms with E-state index in [9.17, 15) is 23.2 Å². The Labute approximate surface area is 217 Å². The fraction of sp³-hybridized carbons (Fsp3) is 0.310. The molecule has 7 nitrogen and oxygen atoms in total. The molecule has 194 valence electrons. The Morgan fingerprint density at radius 3 is 2.05 bits per heavy atom. The Hall–Kier alpha value is -3.49. The molecule has 3 N–H and O–H groups in total. The van der Waals surface area contributed by atoms with Gasteiger partial charge in [-0.2, -0.15) is 8.42 Å². The highest BCUT2D eigenvalue weighted by Crippen LogP contribution is 2.40. The molecule has 0 spiro atoms. The fourth-order valence-corrected chi connectivity index (χ4v) is 5.01. The van der Waals surface area contributed by atoms with Crippen molar-refractivity contribution in [1.82, 2.24) is 9.97 Å². The van der Waals surface area contributed by atoms with E-state index >= 15 is 0 Å². The van der Waals surface area contributed by atoms with Gasteiger partial charge in [0.25, 0.3) is 10.1 Å². The van der Waals surface area contributed by atoms with E-state index in [4.69, 9.17) is 9.97 Å². The van der Waals surface area contributed by atoms with Crippen molar-refractivity contribution in [1.29, 1.82) is 0 Å². The highest BCUT2D eigenvalue weighted by molar-refractivity contribution is 7.86. The second-order valence-corrected chi connectivity index (χ2v) is 11.5. The van der Waals surface area contributed by atoms with Crippen molar-refractivity contribution >= 4 is 21.2 Å². The van der Waals surface area contributed by atoms with Gasteiger partial charge in [0.15, 0.2) is 0 Å². The van der Waals surface area contributed by atoms with Crippen molar-refractivity contribution in [2.45, 2.75) is 63.7 Å². The first kappa shape index (κ1) is 26.6. The molecule has 0 aliphatic heterocycles. The highest BCUT2D eigenvalue weighted by atomic mass is 32.2. The van der Waals surface area contributed by atoms with Crippen molar-refractivity contribution in [2.75, 3.05) is 0 Å². The summed E-state index contributed by atoms with van der Waals surface area (Å²) in [5.74, 6) is -0.225. The van der Waals surface area contributed by atoms with Gasteiger partial charge in [0.1, 0.15) is 16.4 Å². The van der Waals surface area contributed by atoms with Crippen LogP contribution in [0.4, 0.5) is 0 Å². The van der Waals surface area contributed by atoms with Crippen molar-refractivity contribution in [2.24, 2.45) is 0 Å². The van der Waals surface area contributed by atoms with E-state index in [-0.39, 0.29) is 17.1 Å². The van der Waals surface area contributed by atoms with Gasteiger partial charge in [-0.05, 0) is 77.8 Å². The minimum Gasteiger partial charge on any atom is -0.508 e. The number of phenols is 2. The standard InChI is InChI=1S/C29H32N2O5S/c1-6-17(3)21-13-14-22(29(4,5)7-2)28-27(21)30-25(18-8-11-20(32)12-9-18)26(31-28)19-10-15-23(33)24(16-19)37(34,35)36/h8-17,32-33H,6-7H2,1-5H3,(H,34,35,36). The Morgan fingerprint density at radius 2 is 1.46 bits per heavy atom. The van der Waals surface area contributed by atoms with Gasteiger partial charge in [-0.3, -0.25) is 4.55 Å². The van der Waals surface area contributed by atoms with Crippen LogP contribution in [0, 0.1) is 0 Å². The number of benzene rings is 3. The number of rotatable bonds is 7. The third-order valence-corrected chi connectivity index (χ3v) is 8.14. The number of nitrogens with zero attached hydrogens (tertiary/aromatic N) is 2. The minimum absolute atomic E-state index is 0.101. The molecular weight excluding hydrogens is 488 g/mol. The first-order valence-corrected chi connectivity index (χ1v) is 13.8. The molecule has 0 aliphatic carbocycles. The Morgan fingerprint density at radius 1 is 0.865 bits per heavy atom. The zero-order valence-electron chi connectivity index (χ0n) is 21.6. The number of aromatic hydroxyl groups is 2. The van der Waals surface area contributed by atoms with Crippen molar-refractivity contribution in [3.05, 3.63) is 65.7 Å². The SMILES string of the molecule is CCC(C)c1ccc(C(C)(C)CC)c2nc(-c3ccc(O)c(S(=O)(=O)O)c3)c(-c3ccc(O)cc3)nc12. The first-order chi connectivity index (χ1) is 17.4. The predicted octanol–water partition coefficient (Wildman–Crippen LogP) is 6.82. The van der Waals surface area contributed by atoms with Gasteiger partial charge < -0.3 is 10.2 Å². The van der Waals surface area contributed by atoms with Crippen molar-refractivity contribution in [3.63, 3.8) is 0 Å². The lowest BCUT2D eigenvalue weighted by Gasteiger charge is -2.26. The van der Waals surface area contributed by atoms with Crippen LogP contribution in [0.3, 0.4) is 0 Å². The van der Waals surface area contributed by atoms with Crippen LogP contribution >= 0.6 is 0 Å². The van der Waals surface area contributed by atoms with Crippen LogP contribution in [0.1, 0.15) is 64.5 Å². The molecule has 1 aromatic heterocycles. The minimum atomic E-state index is -4.68. The monoisotopic (exact) mass is 520 g/mol. The van der Waals surface area contributed by atoms with E-state index in [1.165, 1.54) is 12.1 Å². The largest absolute Gasteiger partial charge is 0.508 e. The molecule has 0 radical (unpaired) electrons. The lowest BCUT2D eigenvalue weighted by molar-refractivity contribution is 0.443. The zero-order chi connectivity index (χ0) is 27.1. The molecule has 4 rings (SSSR count). The number of phenolic OH excluding ortho intramolecular Hbond substituents is 2. The molecule has 3 aromatic carbocycles. The molecule has 0 saturated carbocycles. The summed E-state index contributed by atoms with van der Waals surface area (Å²) >= 11 is 0. The van der Waals surface area contributed by atoms with Crippen LogP contribution in [0.5, 0.6) is 11.5 Å². The molecule has 0 aliphatic rings. The number of aromatic nitrogens is 2. The van der Waals surface area contributed by atoms with Crippen LogP contribution < -0.4 is 0 Å². The van der Waals surface area contributed by atoms with Gasteiger partial charge in [0, 0.05) is 11.1 Å². The number of hydrogen-bond donors (Lipinski definition) is 3. The molecule has 0 fully saturated rings. The maximum absolute atomic E-state index is 12.0. The molecule has 0 bridgehead atoms. The van der Waals surface area contributed by atoms with E-state index in [1.807, 2.05) is 0 Å². The van der Waals surface area contributed by atoms with Crippen LogP contribution in [0.25, 0.3) is 33.5 Å². The van der Waals surface area contributed by atoms with E-state index in [0.29, 0.717) is 22.5 Å². The third-order valence-electron chi connectivity index (χ3n) is 7.26. The smallest absolute Gasteiger partial charge is 0.298 e. The van der Waals surface area contributed by atoms with Gasteiger partial charge in [-0.25, -0.2) is 9.97 Å². The van der Waals surface area contributed by atoms with Crippen molar-refractivity contribution < 1.29 is 23.2 Å². The summed E-state index contributed by atoms with van der Waals surface area (Å²) < 4.78 is 33.6. The van der Waals surface area contributed by atoms with Crippen molar-refractivity contribution in [3.8, 4) is 34.0 Å².